The van der Waals surface area contributed by atoms with Crippen LogP contribution in [0, 0.1) is 5.92 Å². The maximum atomic E-state index is 6.01. The fourth-order valence-electron chi connectivity index (χ4n) is 2.95. The molecule has 1 atom stereocenters. The minimum atomic E-state index is 0.289. The molecule has 1 unspecified atom stereocenters. The summed E-state index contributed by atoms with van der Waals surface area (Å²) >= 11 is 4.55. The van der Waals surface area contributed by atoms with E-state index in [1.807, 2.05) is 0 Å². The second kappa shape index (κ2) is 4.44. The summed E-state index contributed by atoms with van der Waals surface area (Å²) in [7, 11) is 0. The number of hydrogen-bond acceptors (Lipinski definition) is 2. The van der Waals surface area contributed by atoms with Crippen molar-refractivity contribution >= 4 is 12.6 Å². The Morgan fingerprint density at radius 1 is 1.21 bits per heavy atom. The van der Waals surface area contributed by atoms with Gasteiger partial charge in [0.1, 0.15) is 0 Å². The molecule has 1 saturated carbocycles. The van der Waals surface area contributed by atoms with Gasteiger partial charge < -0.3 is 4.74 Å². The molecule has 0 aromatic rings. The van der Waals surface area contributed by atoms with Crippen molar-refractivity contribution in [2.24, 2.45) is 5.92 Å². The summed E-state index contributed by atoms with van der Waals surface area (Å²) in [5, 5.41) is 0.566. The maximum absolute atomic E-state index is 6.01. The van der Waals surface area contributed by atoms with Crippen LogP contribution < -0.4 is 0 Å². The molecule has 1 saturated heterocycles. The Labute approximate surface area is 93.0 Å². The topological polar surface area (TPSA) is 9.23 Å². The van der Waals surface area contributed by atoms with Gasteiger partial charge in [-0.05, 0) is 50.9 Å². The first-order valence-corrected chi connectivity index (χ1v) is 6.56. The molecule has 1 aliphatic carbocycles. The van der Waals surface area contributed by atoms with Crippen LogP contribution in [0.25, 0.3) is 0 Å². The van der Waals surface area contributed by atoms with Crippen molar-refractivity contribution in [2.45, 2.75) is 62.7 Å². The second-order valence-electron chi connectivity index (χ2n) is 5.07. The Hall–Kier alpha value is 0.310. The summed E-state index contributed by atoms with van der Waals surface area (Å²) in [6.07, 6.45) is 9.16. The molecule has 14 heavy (non-hydrogen) atoms. The molecule has 0 aromatic carbocycles. The van der Waals surface area contributed by atoms with Crippen molar-refractivity contribution in [2.75, 3.05) is 6.61 Å². The zero-order valence-corrected chi connectivity index (χ0v) is 10.1. The Kier molecular flexibility index (Phi) is 3.43. The van der Waals surface area contributed by atoms with Crippen molar-refractivity contribution in [3.05, 3.63) is 0 Å². The van der Waals surface area contributed by atoms with Crippen LogP contribution in [0.15, 0.2) is 0 Å². The highest BCUT2D eigenvalue weighted by molar-refractivity contribution is 7.80. The van der Waals surface area contributed by atoms with Crippen molar-refractivity contribution < 1.29 is 4.74 Å². The van der Waals surface area contributed by atoms with E-state index in [-0.39, 0.29) is 5.60 Å². The van der Waals surface area contributed by atoms with Gasteiger partial charge in [-0.2, -0.15) is 12.6 Å². The zero-order valence-electron chi connectivity index (χ0n) is 9.17. The molecule has 1 heterocycles. The third kappa shape index (κ3) is 2.27. The quantitative estimate of drug-likeness (QED) is 0.658. The smallest absolute Gasteiger partial charge is 0.0682 e. The van der Waals surface area contributed by atoms with Gasteiger partial charge in [-0.1, -0.05) is 6.92 Å². The van der Waals surface area contributed by atoms with Crippen LogP contribution in [0.2, 0.25) is 0 Å². The summed E-state index contributed by atoms with van der Waals surface area (Å²) in [4.78, 5) is 0. The standard InChI is InChI=1S/C12H22OS/c1-10(14)11-4-7-12(8-5-11)6-2-3-9-13-12/h10-11,14H,2-9H2,1H3. The molecule has 0 bridgehead atoms. The van der Waals surface area contributed by atoms with E-state index in [0.29, 0.717) is 5.25 Å². The fourth-order valence-corrected chi connectivity index (χ4v) is 3.25. The molecule has 1 aliphatic heterocycles. The molecule has 0 amide bonds. The molecule has 0 N–H and O–H groups in total. The Balaban J connectivity index is 1.87. The highest BCUT2D eigenvalue weighted by Crippen LogP contribution is 2.42. The van der Waals surface area contributed by atoms with E-state index in [0.717, 1.165) is 12.5 Å². The van der Waals surface area contributed by atoms with Gasteiger partial charge in [-0.3, -0.25) is 0 Å². The van der Waals surface area contributed by atoms with E-state index < -0.39 is 0 Å². The average molecular weight is 214 g/mol. The number of rotatable bonds is 1. The van der Waals surface area contributed by atoms with Gasteiger partial charge in [0.15, 0.2) is 0 Å². The Bertz CT molecular complexity index is 175. The SMILES string of the molecule is CC(S)C1CCC2(CCCCO2)CC1. The molecule has 1 spiro atoms. The van der Waals surface area contributed by atoms with Crippen molar-refractivity contribution in [1.82, 2.24) is 0 Å². The molecule has 1 nitrogen and oxygen atoms in total. The molecule has 2 fully saturated rings. The second-order valence-corrected chi connectivity index (χ2v) is 5.88. The van der Waals surface area contributed by atoms with Gasteiger partial charge in [0.2, 0.25) is 0 Å². The predicted molar refractivity (Wildman–Crippen MR) is 62.9 cm³/mol. The van der Waals surface area contributed by atoms with Crippen LogP contribution in [-0.4, -0.2) is 17.5 Å². The first kappa shape index (κ1) is 10.8. The van der Waals surface area contributed by atoms with Crippen LogP contribution >= 0.6 is 12.6 Å². The fraction of sp³-hybridized carbons (Fsp3) is 1.00. The first-order chi connectivity index (χ1) is 6.72. The number of ether oxygens (including phenoxy) is 1. The largest absolute Gasteiger partial charge is 0.375 e. The van der Waals surface area contributed by atoms with E-state index in [9.17, 15) is 0 Å². The Morgan fingerprint density at radius 2 is 1.93 bits per heavy atom. The summed E-state index contributed by atoms with van der Waals surface area (Å²) in [5.41, 5.74) is 0.289. The zero-order chi connectivity index (χ0) is 10.0. The summed E-state index contributed by atoms with van der Waals surface area (Å²) in [6, 6.07) is 0. The summed E-state index contributed by atoms with van der Waals surface area (Å²) < 4.78 is 6.01. The third-order valence-electron chi connectivity index (χ3n) is 4.06. The van der Waals surface area contributed by atoms with Crippen molar-refractivity contribution in [3.8, 4) is 0 Å². The van der Waals surface area contributed by atoms with Gasteiger partial charge in [0.05, 0.1) is 5.60 Å². The average Bonchev–Trinajstić information content (AvgIpc) is 2.19. The predicted octanol–water partition coefficient (Wildman–Crippen LogP) is 3.43. The molecule has 2 aliphatic rings. The monoisotopic (exact) mass is 214 g/mol. The van der Waals surface area contributed by atoms with Gasteiger partial charge in [0.25, 0.3) is 0 Å². The van der Waals surface area contributed by atoms with Crippen LogP contribution in [0.4, 0.5) is 0 Å². The highest BCUT2D eigenvalue weighted by Gasteiger charge is 2.37. The summed E-state index contributed by atoms with van der Waals surface area (Å²) in [6.45, 7) is 3.23. The van der Waals surface area contributed by atoms with Gasteiger partial charge in [-0.25, -0.2) is 0 Å². The maximum Gasteiger partial charge on any atom is 0.0682 e. The van der Waals surface area contributed by atoms with E-state index in [2.05, 4.69) is 19.6 Å². The Morgan fingerprint density at radius 3 is 2.43 bits per heavy atom. The molecular weight excluding hydrogens is 192 g/mol. The van der Waals surface area contributed by atoms with Gasteiger partial charge in [0, 0.05) is 11.9 Å². The third-order valence-corrected chi connectivity index (χ3v) is 4.48. The van der Waals surface area contributed by atoms with Crippen LogP contribution in [0.3, 0.4) is 0 Å². The van der Waals surface area contributed by atoms with Crippen LogP contribution in [-0.2, 0) is 4.74 Å². The van der Waals surface area contributed by atoms with Crippen molar-refractivity contribution in [3.63, 3.8) is 0 Å². The van der Waals surface area contributed by atoms with Gasteiger partial charge in [-0.15, -0.1) is 0 Å². The highest BCUT2D eigenvalue weighted by atomic mass is 32.1. The molecule has 2 heteroatoms. The normalized spacial score (nSPS) is 41.1. The molecule has 82 valence electrons. The van der Waals surface area contributed by atoms with E-state index >= 15 is 0 Å². The van der Waals surface area contributed by atoms with E-state index in [1.165, 1.54) is 44.9 Å². The lowest BCUT2D eigenvalue weighted by atomic mass is 9.74. The summed E-state index contributed by atoms with van der Waals surface area (Å²) in [5.74, 6) is 0.828. The number of hydrogen-bond donors (Lipinski definition) is 1. The number of thiol groups is 1. The lowest BCUT2D eigenvalue weighted by Gasteiger charge is -2.43. The van der Waals surface area contributed by atoms with Crippen LogP contribution in [0.1, 0.15) is 51.9 Å². The van der Waals surface area contributed by atoms with Gasteiger partial charge >= 0.3 is 0 Å². The van der Waals surface area contributed by atoms with E-state index in [4.69, 9.17) is 4.74 Å². The molecule has 0 aromatic heterocycles. The molecule has 2 rings (SSSR count). The first-order valence-electron chi connectivity index (χ1n) is 6.04. The lowest BCUT2D eigenvalue weighted by Crippen LogP contribution is -2.41. The minimum absolute atomic E-state index is 0.289. The lowest BCUT2D eigenvalue weighted by molar-refractivity contribution is -0.106. The molecular formula is C12H22OS. The minimum Gasteiger partial charge on any atom is -0.375 e. The van der Waals surface area contributed by atoms with Crippen LogP contribution in [0.5, 0.6) is 0 Å². The van der Waals surface area contributed by atoms with Crippen molar-refractivity contribution in [1.29, 1.82) is 0 Å². The van der Waals surface area contributed by atoms with E-state index in [1.54, 1.807) is 0 Å². The molecule has 0 radical (unpaired) electrons.